The highest BCUT2D eigenvalue weighted by molar-refractivity contribution is 7.12. The van der Waals surface area contributed by atoms with E-state index in [0.29, 0.717) is 6.61 Å². The molecule has 0 bridgehead atoms. The zero-order chi connectivity index (χ0) is 13.2. The molecule has 3 nitrogen and oxygen atoms in total. The number of ether oxygens (including phenoxy) is 1. The molecular formula is C15H18N2OS. The van der Waals surface area contributed by atoms with E-state index in [1.807, 2.05) is 23.5 Å². The highest BCUT2D eigenvalue weighted by Crippen LogP contribution is 2.28. The lowest BCUT2D eigenvalue weighted by molar-refractivity contribution is 0.319. The minimum Gasteiger partial charge on any atom is -0.493 e. The number of hydrogen-bond donors (Lipinski definition) is 1. The molecule has 19 heavy (non-hydrogen) atoms. The highest BCUT2D eigenvalue weighted by atomic mass is 32.1. The Morgan fingerprint density at radius 1 is 1.37 bits per heavy atom. The molecule has 2 aromatic rings. The van der Waals surface area contributed by atoms with Gasteiger partial charge in [-0.15, -0.1) is 11.3 Å². The molecule has 1 aliphatic heterocycles. The van der Waals surface area contributed by atoms with Crippen LogP contribution in [0.25, 0.3) is 0 Å². The molecule has 1 aromatic carbocycles. The smallest absolute Gasteiger partial charge is 0.140 e. The van der Waals surface area contributed by atoms with Crippen molar-refractivity contribution in [2.45, 2.75) is 26.7 Å². The fourth-order valence-electron chi connectivity index (χ4n) is 2.24. The number of thiazole rings is 1. The predicted octanol–water partition coefficient (Wildman–Crippen LogP) is 3.35. The molecule has 1 aromatic heterocycles. The summed E-state index contributed by atoms with van der Waals surface area (Å²) in [5, 5.41) is 4.47. The summed E-state index contributed by atoms with van der Waals surface area (Å²) in [6, 6.07) is 6.19. The Bertz CT molecular complexity index is 570. The maximum Gasteiger partial charge on any atom is 0.140 e. The zero-order valence-corrected chi connectivity index (χ0v) is 12.1. The summed E-state index contributed by atoms with van der Waals surface area (Å²) in [4.78, 5) is 5.98. The molecule has 4 heteroatoms. The van der Waals surface area contributed by atoms with Crippen LogP contribution in [0.15, 0.2) is 18.2 Å². The van der Waals surface area contributed by atoms with Crippen LogP contribution in [0.2, 0.25) is 0 Å². The lowest BCUT2D eigenvalue weighted by atomic mass is 10.1. The molecule has 1 N–H and O–H groups in total. The fourth-order valence-corrected chi connectivity index (χ4v) is 3.26. The van der Waals surface area contributed by atoms with Gasteiger partial charge in [0.1, 0.15) is 11.6 Å². The van der Waals surface area contributed by atoms with Crippen molar-refractivity contribution >= 4 is 17.2 Å². The van der Waals surface area contributed by atoms with Gasteiger partial charge in [-0.2, -0.15) is 0 Å². The number of rotatable bonds is 4. The van der Waals surface area contributed by atoms with Crippen molar-refractivity contribution in [3.8, 4) is 5.75 Å². The van der Waals surface area contributed by atoms with E-state index in [2.05, 4.69) is 30.2 Å². The van der Waals surface area contributed by atoms with Crippen molar-refractivity contribution in [3.63, 3.8) is 0 Å². The molecule has 2 heterocycles. The minimum atomic E-state index is 0.691. The molecule has 0 fully saturated rings. The van der Waals surface area contributed by atoms with Gasteiger partial charge in [-0.1, -0.05) is 12.1 Å². The number of aromatic nitrogens is 1. The van der Waals surface area contributed by atoms with Gasteiger partial charge in [0, 0.05) is 19.4 Å². The monoisotopic (exact) mass is 274 g/mol. The van der Waals surface area contributed by atoms with Crippen LogP contribution in [0, 0.1) is 13.8 Å². The first-order valence-corrected chi connectivity index (χ1v) is 7.47. The number of fused-ring (bicyclic) bond motifs is 1. The number of nitrogens with one attached hydrogen (secondary N) is 1. The summed E-state index contributed by atoms with van der Waals surface area (Å²) < 4.78 is 5.87. The SMILES string of the molecule is Cc1cccc(OCCc2nc3c(s2)CCN3)c1C. The molecule has 0 radical (unpaired) electrons. The summed E-state index contributed by atoms with van der Waals surface area (Å²) in [5.41, 5.74) is 2.50. The number of nitrogens with zero attached hydrogens (tertiary/aromatic N) is 1. The van der Waals surface area contributed by atoms with E-state index in [-0.39, 0.29) is 0 Å². The van der Waals surface area contributed by atoms with Gasteiger partial charge in [0.05, 0.1) is 16.5 Å². The van der Waals surface area contributed by atoms with E-state index in [1.54, 1.807) is 0 Å². The second-order valence-electron chi connectivity index (χ2n) is 4.85. The molecule has 0 spiro atoms. The molecule has 0 aliphatic carbocycles. The molecule has 100 valence electrons. The van der Waals surface area contributed by atoms with Gasteiger partial charge < -0.3 is 10.1 Å². The van der Waals surface area contributed by atoms with Crippen LogP contribution in [0.3, 0.4) is 0 Å². The molecule has 3 rings (SSSR count). The largest absolute Gasteiger partial charge is 0.493 e. The lowest BCUT2D eigenvalue weighted by Crippen LogP contribution is -2.03. The zero-order valence-electron chi connectivity index (χ0n) is 11.3. The van der Waals surface area contributed by atoms with Gasteiger partial charge in [-0.25, -0.2) is 4.98 Å². The van der Waals surface area contributed by atoms with E-state index in [9.17, 15) is 0 Å². The van der Waals surface area contributed by atoms with Crippen LogP contribution >= 0.6 is 11.3 Å². The Labute approximate surface area is 117 Å². The molecule has 0 amide bonds. The van der Waals surface area contributed by atoms with Crippen LogP contribution in [-0.2, 0) is 12.8 Å². The topological polar surface area (TPSA) is 34.1 Å². The maximum absolute atomic E-state index is 5.87. The second kappa shape index (κ2) is 5.21. The van der Waals surface area contributed by atoms with Crippen molar-refractivity contribution in [1.29, 1.82) is 0 Å². The van der Waals surface area contributed by atoms with Crippen molar-refractivity contribution in [1.82, 2.24) is 4.98 Å². The van der Waals surface area contributed by atoms with E-state index in [4.69, 9.17) is 4.74 Å². The Kier molecular flexibility index (Phi) is 3.42. The van der Waals surface area contributed by atoms with Gasteiger partial charge in [0.15, 0.2) is 0 Å². The van der Waals surface area contributed by atoms with E-state index in [0.717, 1.165) is 31.0 Å². The third kappa shape index (κ3) is 2.59. The van der Waals surface area contributed by atoms with Crippen molar-refractivity contribution in [2.24, 2.45) is 0 Å². The van der Waals surface area contributed by atoms with Crippen molar-refractivity contribution in [2.75, 3.05) is 18.5 Å². The van der Waals surface area contributed by atoms with Gasteiger partial charge in [-0.05, 0) is 31.0 Å². The van der Waals surface area contributed by atoms with Gasteiger partial charge in [0.25, 0.3) is 0 Å². The second-order valence-corrected chi connectivity index (χ2v) is 6.02. The Balaban J connectivity index is 1.59. The maximum atomic E-state index is 5.87. The quantitative estimate of drug-likeness (QED) is 0.928. The fraction of sp³-hybridized carbons (Fsp3) is 0.400. The Morgan fingerprint density at radius 3 is 3.11 bits per heavy atom. The first kappa shape index (κ1) is 12.5. The van der Waals surface area contributed by atoms with Gasteiger partial charge >= 0.3 is 0 Å². The number of hydrogen-bond acceptors (Lipinski definition) is 4. The van der Waals surface area contributed by atoms with Gasteiger partial charge in [0.2, 0.25) is 0 Å². The Hall–Kier alpha value is -1.55. The molecule has 0 saturated carbocycles. The first-order chi connectivity index (χ1) is 9.24. The molecule has 1 aliphatic rings. The third-order valence-electron chi connectivity index (χ3n) is 3.51. The van der Waals surface area contributed by atoms with Crippen molar-refractivity contribution in [3.05, 3.63) is 39.2 Å². The Morgan fingerprint density at radius 2 is 2.26 bits per heavy atom. The summed E-state index contributed by atoms with van der Waals surface area (Å²) in [6.45, 7) is 5.94. The average molecular weight is 274 g/mol. The summed E-state index contributed by atoms with van der Waals surface area (Å²) in [6.07, 6.45) is 2.00. The number of anilines is 1. The van der Waals surface area contributed by atoms with Crippen LogP contribution in [0.4, 0.5) is 5.82 Å². The van der Waals surface area contributed by atoms with Crippen LogP contribution in [0.5, 0.6) is 5.75 Å². The number of benzene rings is 1. The molecule has 0 atom stereocenters. The van der Waals surface area contributed by atoms with E-state index >= 15 is 0 Å². The van der Waals surface area contributed by atoms with E-state index in [1.165, 1.54) is 21.0 Å². The third-order valence-corrected chi connectivity index (χ3v) is 4.69. The summed E-state index contributed by atoms with van der Waals surface area (Å²) in [5.74, 6) is 2.08. The summed E-state index contributed by atoms with van der Waals surface area (Å²) >= 11 is 1.81. The first-order valence-electron chi connectivity index (χ1n) is 6.65. The van der Waals surface area contributed by atoms with Crippen LogP contribution < -0.4 is 10.1 Å². The van der Waals surface area contributed by atoms with Crippen LogP contribution in [-0.4, -0.2) is 18.1 Å². The summed E-state index contributed by atoms with van der Waals surface area (Å²) in [7, 11) is 0. The number of aryl methyl sites for hydroxylation is 1. The van der Waals surface area contributed by atoms with Crippen molar-refractivity contribution < 1.29 is 4.74 Å². The van der Waals surface area contributed by atoms with E-state index < -0.39 is 0 Å². The van der Waals surface area contributed by atoms with Gasteiger partial charge in [-0.3, -0.25) is 0 Å². The predicted molar refractivity (Wildman–Crippen MR) is 79.4 cm³/mol. The normalized spacial score (nSPS) is 13.2. The molecule has 0 saturated heterocycles. The minimum absolute atomic E-state index is 0.691. The standard InChI is InChI=1S/C15H18N2OS/c1-10-4-3-5-12(11(10)2)18-9-7-14-17-15-13(19-14)6-8-16-15/h3-5,16H,6-9H2,1-2H3. The van der Waals surface area contributed by atoms with Crippen LogP contribution in [0.1, 0.15) is 21.0 Å². The molecule has 0 unspecified atom stereocenters. The average Bonchev–Trinajstić information content (AvgIpc) is 2.95. The lowest BCUT2D eigenvalue weighted by Gasteiger charge is -2.09. The highest BCUT2D eigenvalue weighted by Gasteiger charge is 2.15. The molecular weight excluding hydrogens is 256 g/mol.